The maximum atomic E-state index is 11.4. The van der Waals surface area contributed by atoms with Crippen molar-refractivity contribution in [2.45, 2.75) is 19.9 Å². The number of aromatic nitrogens is 1. The summed E-state index contributed by atoms with van der Waals surface area (Å²) in [4.78, 5) is 11.4. The average molecular weight is 250 g/mol. The number of hydrogen-bond acceptors (Lipinski definition) is 4. The van der Waals surface area contributed by atoms with E-state index in [2.05, 4.69) is 5.32 Å². The van der Waals surface area contributed by atoms with Crippen molar-refractivity contribution < 1.29 is 9.52 Å². The molecule has 0 amide bonds. The first-order chi connectivity index (χ1) is 8.52. The molecule has 1 unspecified atom stereocenters. The van der Waals surface area contributed by atoms with Crippen LogP contribution in [0.4, 0.5) is 5.69 Å². The van der Waals surface area contributed by atoms with Crippen molar-refractivity contribution in [3.8, 4) is 0 Å². The van der Waals surface area contributed by atoms with E-state index in [0.29, 0.717) is 11.5 Å². The van der Waals surface area contributed by atoms with Crippen LogP contribution in [-0.4, -0.2) is 22.3 Å². The summed E-state index contributed by atoms with van der Waals surface area (Å²) in [6, 6.07) is 5.47. The molecule has 98 valence electrons. The van der Waals surface area contributed by atoms with Gasteiger partial charge in [0.25, 0.3) is 0 Å². The number of anilines is 1. The molecule has 2 rings (SSSR count). The lowest BCUT2D eigenvalue weighted by molar-refractivity contribution is 0.249. The van der Waals surface area contributed by atoms with Crippen LogP contribution in [0, 0.1) is 5.92 Å². The van der Waals surface area contributed by atoms with E-state index in [1.807, 2.05) is 26.0 Å². The molecule has 0 fully saturated rings. The quantitative estimate of drug-likeness (QED) is 0.864. The highest BCUT2D eigenvalue weighted by Crippen LogP contribution is 2.19. The van der Waals surface area contributed by atoms with Gasteiger partial charge >= 0.3 is 5.76 Å². The average Bonchev–Trinajstić information content (AvgIpc) is 2.61. The zero-order chi connectivity index (χ0) is 13.3. The largest absolute Gasteiger partial charge is 0.419 e. The van der Waals surface area contributed by atoms with E-state index in [0.717, 1.165) is 11.2 Å². The van der Waals surface area contributed by atoms with Gasteiger partial charge in [0.05, 0.1) is 18.2 Å². The number of aliphatic hydroxyl groups is 1. The minimum absolute atomic E-state index is 0.0158. The molecule has 0 saturated carbocycles. The second kappa shape index (κ2) is 4.86. The van der Waals surface area contributed by atoms with Gasteiger partial charge in [0.15, 0.2) is 5.58 Å². The summed E-state index contributed by atoms with van der Waals surface area (Å²) in [5, 5.41) is 12.5. The van der Waals surface area contributed by atoms with Crippen molar-refractivity contribution >= 4 is 16.8 Å². The van der Waals surface area contributed by atoms with Crippen molar-refractivity contribution in [3.05, 3.63) is 28.7 Å². The van der Waals surface area contributed by atoms with Crippen LogP contribution in [0.3, 0.4) is 0 Å². The van der Waals surface area contributed by atoms with Gasteiger partial charge < -0.3 is 14.8 Å². The van der Waals surface area contributed by atoms with Crippen LogP contribution >= 0.6 is 0 Å². The van der Waals surface area contributed by atoms with Crippen LogP contribution in [0.2, 0.25) is 0 Å². The van der Waals surface area contributed by atoms with Gasteiger partial charge in [0.1, 0.15) is 0 Å². The molecule has 2 aromatic rings. The van der Waals surface area contributed by atoms with Crippen molar-refractivity contribution in [1.82, 2.24) is 4.57 Å². The highest BCUT2D eigenvalue weighted by Gasteiger charge is 2.13. The zero-order valence-electron chi connectivity index (χ0n) is 10.8. The summed E-state index contributed by atoms with van der Waals surface area (Å²) in [5.74, 6) is -0.0572. The van der Waals surface area contributed by atoms with Gasteiger partial charge in [-0.15, -0.1) is 0 Å². The predicted molar refractivity (Wildman–Crippen MR) is 70.8 cm³/mol. The van der Waals surface area contributed by atoms with E-state index in [9.17, 15) is 9.90 Å². The Morgan fingerprint density at radius 2 is 2.17 bits per heavy atom. The molecule has 1 heterocycles. The number of nitrogens with one attached hydrogen (secondary N) is 1. The smallest absolute Gasteiger partial charge is 0.408 e. The van der Waals surface area contributed by atoms with E-state index in [1.165, 1.54) is 4.57 Å². The maximum absolute atomic E-state index is 11.4. The topological polar surface area (TPSA) is 67.4 Å². The van der Waals surface area contributed by atoms with Crippen LogP contribution in [0.15, 0.2) is 27.4 Å². The third-order valence-electron chi connectivity index (χ3n) is 3.15. The molecule has 0 aliphatic rings. The van der Waals surface area contributed by atoms with Crippen LogP contribution in [-0.2, 0) is 7.05 Å². The molecule has 1 atom stereocenters. The minimum Gasteiger partial charge on any atom is -0.408 e. The van der Waals surface area contributed by atoms with Gasteiger partial charge in [0, 0.05) is 18.8 Å². The SMILES string of the molecule is CC(C)C(CO)Nc1ccc2c(c1)oc(=O)n2C. The summed E-state index contributed by atoms with van der Waals surface area (Å²) in [6.45, 7) is 4.14. The fraction of sp³-hybridized carbons (Fsp3) is 0.462. The lowest BCUT2D eigenvalue weighted by Gasteiger charge is -2.21. The second-order valence-corrected chi connectivity index (χ2v) is 4.79. The van der Waals surface area contributed by atoms with Crippen molar-refractivity contribution in [2.75, 3.05) is 11.9 Å². The summed E-state index contributed by atoms with van der Waals surface area (Å²) in [5.41, 5.74) is 2.15. The van der Waals surface area contributed by atoms with E-state index in [-0.39, 0.29) is 18.4 Å². The number of rotatable bonds is 4. The predicted octanol–water partition coefficient (Wildman–Crippen LogP) is 1.56. The number of benzene rings is 1. The molecule has 1 aromatic carbocycles. The lowest BCUT2D eigenvalue weighted by Crippen LogP contribution is -2.29. The Kier molecular flexibility index (Phi) is 3.43. The molecule has 2 N–H and O–H groups in total. The van der Waals surface area contributed by atoms with E-state index < -0.39 is 0 Å². The lowest BCUT2D eigenvalue weighted by atomic mass is 10.1. The van der Waals surface area contributed by atoms with Crippen LogP contribution in [0.25, 0.3) is 11.1 Å². The number of fused-ring (bicyclic) bond motifs is 1. The standard InChI is InChI=1S/C13H18N2O3/c1-8(2)10(7-16)14-9-4-5-11-12(6-9)18-13(17)15(11)3/h4-6,8,10,14,16H,7H2,1-3H3. The van der Waals surface area contributed by atoms with Gasteiger partial charge in [0.2, 0.25) is 0 Å². The maximum Gasteiger partial charge on any atom is 0.419 e. The molecule has 18 heavy (non-hydrogen) atoms. The highest BCUT2D eigenvalue weighted by atomic mass is 16.4. The highest BCUT2D eigenvalue weighted by molar-refractivity contribution is 5.77. The molecular weight excluding hydrogens is 232 g/mol. The molecule has 0 aliphatic carbocycles. The molecule has 5 nitrogen and oxygen atoms in total. The van der Waals surface area contributed by atoms with Crippen molar-refractivity contribution in [3.63, 3.8) is 0 Å². The normalized spacial score (nSPS) is 13.2. The Balaban J connectivity index is 2.33. The monoisotopic (exact) mass is 250 g/mol. The molecule has 0 bridgehead atoms. The number of hydrogen-bond donors (Lipinski definition) is 2. The van der Waals surface area contributed by atoms with Gasteiger partial charge in [-0.05, 0) is 18.1 Å². The molecule has 1 aromatic heterocycles. The third kappa shape index (κ3) is 2.26. The Morgan fingerprint density at radius 3 is 2.78 bits per heavy atom. The summed E-state index contributed by atoms with van der Waals surface area (Å²) in [7, 11) is 1.67. The third-order valence-corrected chi connectivity index (χ3v) is 3.15. The number of nitrogens with zero attached hydrogens (tertiary/aromatic N) is 1. The number of oxazole rings is 1. The molecular formula is C13H18N2O3. The summed E-state index contributed by atoms with van der Waals surface area (Å²) in [6.07, 6.45) is 0. The zero-order valence-corrected chi connectivity index (χ0v) is 10.8. The molecule has 0 spiro atoms. The van der Waals surface area contributed by atoms with E-state index >= 15 is 0 Å². The van der Waals surface area contributed by atoms with Crippen molar-refractivity contribution in [1.29, 1.82) is 0 Å². The number of aliphatic hydroxyl groups excluding tert-OH is 1. The number of aryl methyl sites for hydroxylation is 1. The van der Waals surface area contributed by atoms with Crippen molar-refractivity contribution in [2.24, 2.45) is 13.0 Å². The van der Waals surface area contributed by atoms with Gasteiger partial charge in [-0.2, -0.15) is 0 Å². The fourth-order valence-corrected chi connectivity index (χ4v) is 1.86. The second-order valence-electron chi connectivity index (χ2n) is 4.79. The Morgan fingerprint density at radius 1 is 1.44 bits per heavy atom. The first-order valence-electron chi connectivity index (χ1n) is 6.00. The Bertz CT molecular complexity index is 598. The molecule has 5 heteroatoms. The van der Waals surface area contributed by atoms with E-state index in [1.54, 1.807) is 13.1 Å². The van der Waals surface area contributed by atoms with Gasteiger partial charge in [-0.3, -0.25) is 4.57 Å². The molecule has 0 saturated heterocycles. The van der Waals surface area contributed by atoms with Crippen LogP contribution < -0.4 is 11.1 Å². The summed E-state index contributed by atoms with van der Waals surface area (Å²) >= 11 is 0. The van der Waals surface area contributed by atoms with Gasteiger partial charge in [-0.1, -0.05) is 13.8 Å². The van der Waals surface area contributed by atoms with Crippen LogP contribution in [0.5, 0.6) is 0 Å². The van der Waals surface area contributed by atoms with E-state index in [4.69, 9.17) is 4.42 Å². The minimum atomic E-state index is -0.371. The first-order valence-corrected chi connectivity index (χ1v) is 6.00. The van der Waals surface area contributed by atoms with Gasteiger partial charge in [-0.25, -0.2) is 4.79 Å². The molecule has 0 radical (unpaired) electrons. The summed E-state index contributed by atoms with van der Waals surface area (Å²) < 4.78 is 6.58. The fourth-order valence-electron chi connectivity index (χ4n) is 1.86. The first kappa shape index (κ1) is 12.7. The molecule has 0 aliphatic heterocycles. The Hall–Kier alpha value is -1.75. The van der Waals surface area contributed by atoms with Crippen LogP contribution in [0.1, 0.15) is 13.8 Å². The Labute approximate surface area is 105 Å².